The van der Waals surface area contributed by atoms with Gasteiger partial charge in [0.25, 0.3) is 5.91 Å². The van der Waals surface area contributed by atoms with Crippen molar-refractivity contribution in [1.29, 1.82) is 0 Å². The van der Waals surface area contributed by atoms with Gasteiger partial charge < -0.3 is 14.8 Å². The number of carbonyl (C=O) groups excluding carboxylic acids is 1. The molecule has 0 unspecified atom stereocenters. The van der Waals surface area contributed by atoms with E-state index in [1.807, 2.05) is 0 Å². The highest BCUT2D eigenvalue weighted by atomic mass is 35.5. The number of rotatable bonds is 6. The van der Waals surface area contributed by atoms with Crippen LogP contribution in [0.4, 0.5) is 32.0 Å². The number of ether oxygens (including phenoxy) is 2. The van der Waals surface area contributed by atoms with Gasteiger partial charge in [0.2, 0.25) is 0 Å². The molecule has 2 heterocycles. The van der Waals surface area contributed by atoms with Crippen LogP contribution in [-0.4, -0.2) is 34.2 Å². The summed E-state index contributed by atoms with van der Waals surface area (Å²) in [5.41, 5.74) is -2.72. The highest BCUT2D eigenvalue weighted by molar-refractivity contribution is 6.37. The molecule has 4 aromatic rings. The number of carbonyl (C=O) groups is 1. The molecule has 188 valence electrons. The Kier molecular flexibility index (Phi) is 6.67. The van der Waals surface area contributed by atoms with E-state index in [0.29, 0.717) is 16.3 Å². The average Bonchev–Trinajstić information content (AvgIpc) is 3.15. The maximum Gasteiger partial charge on any atom is 0.433 e. The molecule has 36 heavy (non-hydrogen) atoms. The molecule has 0 aliphatic rings. The average molecular weight is 531 g/mol. The van der Waals surface area contributed by atoms with E-state index < -0.39 is 58.0 Å². The van der Waals surface area contributed by atoms with E-state index in [0.717, 1.165) is 18.2 Å². The first-order chi connectivity index (χ1) is 17.0. The van der Waals surface area contributed by atoms with Crippen molar-refractivity contribution in [1.82, 2.24) is 14.6 Å². The van der Waals surface area contributed by atoms with Gasteiger partial charge in [-0.05, 0) is 30.3 Å². The molecule has 1 amide bonds. The van der Waals surface area contributed by atoms with Crippen molar-refractivity contribution in [3.05, 3.63) is 70.8 Å². The van der Waals surface area contributed by atoms with Crippen LogP contribution in [0.5, 0.6) is 11.5 Å². The van der Waals surface area contributed by atoms with Gasteiger partial charge in [-0.15, -0.1) is 0 Å². The molecule has 0 aliphatic carbocycles. The van der Waals surface area contributed by atoms with Crippen molar-refractivity contribution < 1.29 is 40.6 Å². The fourth-order valence-corrected chi connectivity index (χ4v) is 3.49. The third-order valence-electron chi connectivity index (χ3n) is 4.81. The van der Waals surface area contributed by atoms with Crippen LogP contribution in [0.25, 0.3) is 16.9 Å². The molecule has 0 atom stereocenters. The highest BCUT2D eigenvalue weighted by Crippen LogP contribution is 2.35. The Morgan fingerprint density at radius 2 is 1.89 bits per heavy atom. The van der Waals surface area contributed by atoms with Crippen LogP contribution >= 0.6 is 11.6 Å². The summed E-state index contributed by atoms with van der Waals surface area (Å²) in [6.45, 7) is -3.34. The number of hydrogen-bond acceptors (Lipinski definition) is 5. The van der Waals surface area contributed by atoms with Crippen LogP contribution in [0, 0.1) is 5.82 Å². The Labute approximate surface area is 203 Å². The summed E-state index contributed by atoms with van der Waals surface area (Å²) in [5, 5.41) is 5.24. The molecule has 0 radical (unpaired) electrons. The molecule has 2 aromatic carbocycles. The SMILES string of the molecule is COc1cccc(-c2cc(C(F)(F)F)n3nc(C(=O)Nc4ccc(F)cc4OC(F)F)c(Cl)c3n2)c1. The zero-order chi connectivity index (χ0) is 26.2. The topological polar surface area (TPSA) is 77.8 Å². The quantitative estimate of drug-likeness (QED) is 0.306. The van der Waals surface area contributed by atoms with E-state index in [4.69, 9.17) is 16.3 Å². The van der Waals surface area contributed by atoms with Crippen molar-refractivity contribution in [2.45, 2.75) is 12.8 Å². The number of halogens is 7. The van der Waals surface area contributed by atoms with Crippen molar-refractivity contribution >= 4 is 28.8 Å². The fraction of sp³-hybridized carbons (Fsp3) is 0.136. The largest absolute Gasteiger partial charge is 0.497 e. The van der Waals surface area contributed by atoms with Crippen LogP contribution in [0.1, 0.15) is 16.2 Å². The summed E-state index contributed by atoms with van der Waals surface area (Å²) in [4.78, 5) is 16.9. The molecule has 0 saturated carbocycles. The Morgan fingerprint density at radius 3 is 2.56 bits per heavy atom. The smallest absolute Gasteiger partial charge is 0.433 e. The Balaban J connectivity index is 1.81. The Hall–Kier alpha value is -4.00. The third kappa shape index (κ3) is 5.00. The summed E-state index contributed by atoms with van der Waals surface area (Å²) < 4.78 is 90.0. The highest BCUT2D eigenvalue weighted by Gasteiger charge is 2.37. The first-order valence-corrected chi connectivity index (χ1v) is 10.2. The molecule has 14 heteroatoms. The molecule has 0 fully saturated rings. The monoisotopic (exact) mass is 530 g/mol. The number of nitrogens with zero attached hydrogens (tertiary/aromatic N) is 3. The Bertz CT molecular complexity index is 1460. The fourth-order valence-electron chi connectivity index (χ4n) is 3.24. The van der Waals surface area contributed by atoms with Gasteiger partial charge in [-0.25, -0.2) is 13.9 Å². The van der Waals surface area contributed by atoms with Gasteiger partial charge in [-0.2, -0.15) is 27.1 Å². The molecule has 0 bridgehead atoms. The summed E-state index contributed by atoms with van der Waals surface area (Å²) in [6, 6.07) is 9.18. The normalized spacial score (nSPS) is 11.7. The molecule has 0 aliphatic heterocycles. The molecule has 7 nitrogen and oxygen atoms in total. The lowest BCUT2D eigenvalue weighted by atomic mass is 10.1. The number of hydrogen-bond donors (Lipinski definition) is 1. The summed E-state index contributed by atoms with van der Waals surface area (Å²) in [7, 11) is 1.38. The van der Waals surface area contributed by atoms with Gasteiger partial charge >= 0.3 is 12.8 Å². The molecule has 4 rings (SSSR count). The maximum atomic E-state index is 13.9. The van der Waals surface area contributed by atoms with E-state index in [9.17, 15) is 31.1 Å². The zero-order valence-corrected chi connectivity index (χ0v) is 18.7. The molecule has 0 saturated heterocycles. The van der Waals surface area contributed by atoms with Gasteiger partial charge in [-0.3, -0.25) is 4.79 Å². The minimum Gasteiger partial charge on any atom is -0.497 e. The maximum absolute atomic E-state index is 13.9. The van der Waals surface area contributed by atoms with Gasteiger partial charge in [0, 0.05) is 11.6 Å². The predicted octanol–water partition coefficient (Wildman–Crippen LogP) is 6.07. The summed E-state index contributed by atoms with van der Waals surface area (Å²) in [5.74, 6) is -2.46. The van der Waals surface area contributed by atoms with E-state index >= 15 is 0 Å². The lowest BCUT2D eigenvalue weighted by molar-refractivity contribution is -0.142. The molecule has 1 N–H and O–H groups in total. The second kappa shape index (κ2) is 9.57. The molecule has 2 aromatic heterocycles. The minimum absolute atomic E-state index is 0.131. The van der Waals surface area contributed by atoms with E-state index in [1.165, 1.54) is 19.2 Å². The van der Waals surface area contributed by atoms with E-state index in [-0.39, 0.29) is 11.3 Å². The molecular weight excluding hydrogens is 518 g/mol. The summed E-state index contributed by atoms with van der Waals surface area (Å²) >= 11 is 6.20. The van der Waals surface area contributed by atoms with Crippen LogP contribution in [0.2, 0.25) is 5.02 Å². The van der Waals surface area contributed by atoms with Crippen LogP contribution in [-0.2, 0) is 6.18 Å². The van der Waals surface area contributed by atoms with Gasteiger partial charge in [0.15, 0.2) is 22.8 Å². The van der Waals surface area contributed by atoms with E-state index in [2.05, 4.69) is 20.1 Å². The number of fused-ring (bicyclic) bond motifs is 1. The molecular formula is C22H13ClF6N4O3. The number of methoxy groups -OCH3 is 1. The standard InChI is InChI=1S/C22H13ClF6N4O3/c1-35-12-4-2-3-10(7-12)14-9-16(22(27,28)29)33-19(30-14)17(23)18(32-33)20(34)31-13-6-5-11(24)8-15(13)36-21(25)26/h2-9,21H,1H3,(H,31,34). The van der Waals surface area contributed by atoms with Crippen LogP contribution < -0.4 is 14.8 Å². The zero-order valence-electron chi connectivity index (χ0n) is 17.9. The lowest BCUT2D eigenvalue weighted by Crippen LogP contribution is -2.16. The first kappa shape index (κ1) is 25.1. The number of alkyl halides is 5. The molecule has 0 spiro atoms. The number of benzene rings is 2. The van der Waals surface area contributed by atoms with Crippen LogP contribution in [0.15, 0.2) is 48.5 Å². The first-order valence-electron chi connectivity index (χ1n) is 9.84. The van der Waals surface area contributed by atoms with Crippen molar-refractivity contribution in [2.75, 3.05) is 12.4 Å². The number of nitrogens with one attached hydrogen (secondary N) is 1. The van der Waals surface area contributed by atoms with Gasteiger partial charge in [0.1, 0.15) is 16.6 Å². The number of aromatic nitrogens is 3. The number of anilines is 1. The van der Waals surface area contributed by atoms with Crippen molar-refractivity contribution in [3.8, 4) is 22.8 Å². The Morgan fingerprint density at radius 1 is 1.14 bits per heavy atom. The van der Waals surface area contributed by atoms with Crippen molar-refractivity contribution in [3.63, 3.8) is 0 Å². The second-order valence-electron chi connectivity index (χ2n) is 7.13. The van der Waals surface area contributed by atoms with Gasteiger partial charge in [0.05, 0.1) is 18.5 Å². The predicted molar refractivity (Wildman–Crippen MR) is 116 cm³/mol. The van der Waals surface area contributed by atoms with Crippen molar-refractivity contribution in [2.24, 2.45) is 0 Å². The lowest BCUT2D eigenvalue weighted by Gasteiger charge is -2.11. The van der Waals surface area contributed by atoms with E-state index in [1.54, 1.807) is 12.1 Å². The summed E-state index contributed by atoms with van der Waals surface area (Å²) in [6.07, 6.45) is -4.92. The second-order valence-corrected chi connectivity index (χ2v) is 7.51. The third-order valence-corrected chi connectivity index (χ3v) is 5.16. The number of amides is 1. The van der Waals surface area contributed by atoms with Gasteiger partial charge in [-0.1, -0.05) is 23.7 Å². The van der Waals surface area contributed by atoms with Crippen LogP contribution in [0.3, 0.4) is 0 Å². The minimum atomic E-state index is -4.92.